The van der Waals surface area contributed by atoms with Crippen molar-refractivity contribution < 1.29 is 0 Å². The van der Waals surface area contributed by atoms with Gasteiger partial charge < -0.3 is 5.32 Å². The summed E-state index contributed by atoms with van der Waals surface area (Å²) >= 11 is 1.77. The van der Waals surface area contributed by atoms with Gasteiger partial charge in [-0.25, -0.2) is 0 Å². The molecule has 1 aromatic heterocycles. The fourth-order valence-electron chi connectivity index (χ4n) is 2.22. The molecule has 0 aliphatic carbocycles. The summed E-state index contributed by atoms with van der Waals surface area (Å²) in [4.78, 5) is 0. The molecule has 1 nitrogen and oxygen atoms in total. The van der Waals surface area contributed by atoms with Gasteiger partial charge in [0.25, 0.3) is 0 Å². The molecule has 1 N–H and O–H groups in total. The van der Waals surface area contributed by atoms with E-state index in [9.17, 15) is 0 Å². The first kappa shape index (κ1) is 13.3. The third-order valence-corrected chi connectivity index (χ3v) is 4.13. The van der Waals surface area contributed by atoms with Crippen LogP contribution in [0.1, 0.15) is 41.6 Å². The van der Waals surface area contributed by atoms with Crippen molar-refractivity contribution in [2.24, 2.45) is 0 Å². The second kappa shape index (κ2) is 6.17. The van der Waals surface area contributed by atoms with Crippen LogP contribution in [0.15, 0.2) is 35.0 Å². The Bertz CT molecular complexity index is 488. The van der Waals surface area contributed by atoms with Gasteiger partial charge in [0.1, 0.15) is 0 Å². The molecular formula is C16H21NS. The van der Waals surface area contributed by atoms with E-state index in [0.29, 0.717) is 6.04 Å². The summed E-state index contributed by atoms with van der Waals surface area (Å²) in [6, 6.07) is 9.14. The minimum atomic E-state index is 0.330. The highest BCUT2D eigenvalue weighted by Crippen LogP contribution is 2.27. The van der Waals surface area contributed by atoms with Crippen LogP contribution in [-0.2, 0) is 0 Å². The molecule has 1 atom stereocenters. The standard InChI is InChI=1S/C16H21NS/c1-4-9-17-16(14-8-10-18-11-14)15-7-5-6-12(2)13(15)3/h5-8,10-11,16-17H,4,9H2,1-3H3. The van der Waals surface area contributed by atoms with E-state index in [-0.39, 0.29) is 0 Å². The summed E-state index contributed by atoms with van der Waals surface area (Å²) in [5.41, 5.74) is 5.55. The lowest BCUT2D eigenvalue weighted by Gasteiger charge is -2.21. The first-order valence-electron chi connectivity index (χ1n) is 6.55. The van der Waals surface area contributed by atoms with E-state index in [2.05, 4.69) is 61.1 Å². The van der Waals surface area contributed by atoms with E-state index >= 15 is 0 Å². The number of hydrogen-bond acceptors (Lipinski definition) is 2. The van der Waals surface area contributed by atoms with Crippen molar-refractivity contribution in [2.75, 3.05) is 6.54 Å². The molecule has 2 rings (SSSR count). The van der Waals surface area contributed by atoms with E-state index in [0.717, 1.165) is 13.0 Å². The minimum absolute atomic E-state index is 0.330. The predicted octanol–water partition coefficient (Wildman–Crippen LogP) is 4.45. The average Bonchev–Trinajstić information content (AvgIpc) is 2.88. The molecule has 1 unspecified atom stereocenters. The molecule has 2 aromatic rings. The van der Waals surface area contributed by atoms with Crippen LogP contribution in [-0.4, -0.2) is 6.54 Å². The lowest BCUT2D eigenvalue weighted by molar-refractivity contribution is 0.597. The predicted molar refractivity (Wildman–Crippen MR) is 80.4 cm³/mol. The third-order valence-electron chi connectivity index (χ3n) is 3.43. The number of benzene rings is 1. The van der Waals surface area contributed by atoms with Gasteiger partial charge in [-0.3, -0.25) is 0 Å². The lowest BCUT2D eigenvalue weighted by atomic mass is 9.94. The zero-order chi connectivity index (χ0) is 13.0. The van der Waals surface area contributed by atoms with Gasteiger partial charge in [-0.2, -0.15) is 11.3 Å². The Kier molecular flexibility index (Phi) is 4.56. The second-order valence-electron chi connectivity index (χ2n) is 4.73. The minimum Gasteiger partial charge on any atom is -0.306 e. The van der Waals surface area contributed by atoms with Gasteiger partial charge in [0.2, 0.25) is 0 Å². The Morgan fingerprint density at radius 3 is 2.72 bits per heavy atom. The lowest BCUT2D eigenvalue weighted by Crippen LogP contribution is -2.23. The fraction of sp³-hybridized carbons (Fsp3) is 0.375. The van der Waals surface area contributed by atoms with Crippen LogP contribution in [0, 0.1) is 13.8 Å². The molecule has 0 spiro atoms. The van der Waals surface area contributed by atoms with Crippen LogP contribution in [0.3, 0.4) is 0 Å². The fourth-order valence-corrected chi connectivity index (χ4v) is 2.91. The topological polar surface area (TPSA) is 12.0 Å². The van der Waals surface area contributed by atoms with E-state index in [1.54, 1.807) is 11.3 Å². The van der Waals surface area contributed by atoms with Crippen LogP contribution in [0.2, 0.25) is 0 Å². The smallest absolute Gasteiger partial charge is 0.0587 e. The van der Waals surface area contributed by atoms with Crippen molar-refractivity contribution in [1.82, 2.24) is 5.32 Å². The molecule has 0 aliphatic heterocycles. The summed E-state index contributed by atoms with van der Waals surface area (Å²) in [7, 11) is 0. The summed E-state index contributed by atoms with van der Waals surface area (Å²) < 4.78 is 0. The average molecular weight is 259 g/mol. The number of thiophene rings is 1. The van der Waals surface area contributed by atoms with Gasteiger partial charge in [0.05, 0.1) is 6.04 Å². The quantitative estimate of drug-likeness (QED) is 0.836. The molecule has 1 aromatic carbocycles. The van der Waals surface area contributed by atoms with E-state index in [1.807, 2.05) is 0 Å². The third kappa shape index (κ3) is 2.82. The molecule has 0 aliphatic rings. The van der Waals surface area contributed by atoms with E-state index < -0.39 is 0 Å². The largest absolute Gasteiger partial charge is 0.306 e. The number of nitrogens with one attached hydrogen (secondary N) is 1. The Balaban J connectivity index is 2.37. The van der Waals surface area contributed by atoms with Gasteiger partial charge in [0, 0.05) is 0 Å². The normalized spacial score (nSPS) is 12.6. The molecule has 0 saturated carbocycles. The molecule has 0 bridgehead atoms. The first-order chi connectivity index (χ1) is 8.74. The van der Waals surface area contributed by atoms with Crippen LogP contribution in [0.25, 0.3) is 0 Å². The molecule has 96 valence electrons. The van der Waals surface area contributed by atoms with E-state index in [1.165, 1.54) is 22.3 Å². The molecule has 0 amide bonds. The van der Waals surface area contributed by atoms with Gasteiger partial charge >= 0.3 is 0 Å². The zero-order valence-corrected chi connectivity index (χ0v) is 12.2. The molecule has 0 radical (unpaired) electrons. The highest BCUT2D eigenvalue weighted by atomic mass is 32.1. The summed E-state index contributed by atoms with van der Waals surface area (Å²) in [5, 5.41) is 8.06. The highest BCUT2D eigenvalue weighted by Gasteiger charge is 2.16. The highest BCUT2D eigenvalue weighted by molar-refractivity contribution is 7.08. The molecule has 0 fully saturated rings. The van der Waals surface area contributed by atoms with Crippen molar-refractivity contribution in [3.63, 3.8) is 0 Å². The number of aryl methyl sites for hydroxylation is 1. The maximum absolute atomic E-state index is 3.66. The summed E-state index contributed by atoms with van der Waals surface area (Å²) in [5.74, 6) is 0. The van der Waals surface area contributed by atoms with Crippen molar-refractivity contribution in [1.29, 1.82) is 0 Å². The molecule has 18 heavy (non-hydrogen) atoms. The summed E-state index contributed by atoms with van der Waals surface area (Å²) in [6.45, 7) is 7.66. The van der Waals surface area contributed by atoms with Crippen molar-refractivity contribution in [2.45, 2.75) is 33.2 Å². The van der Waals surface area contributed by atoms with Crippen LogP contribution in [0.5, 0.6) is 0 Å². The Morgan fingerprint density at radius 1 is 1.22 bits per heavy atom. The van der Waals surface area contributed by atoms with Gasteiger partial charge in [0.15, 0.2) is 0 Å². The monoisotopic (exact) mass is 259 g/mol. The van der Waals surface area contributed by atoms with Crippen LogP contribution >= 0.6 is 11.3 Å². The SMILES string of the molecule is CCCNC(c1ccsc1)c1cccc(C)c1C. The van der Waals surface area contributed by atoms with Crippen molar-refractivity contribution in [3.05, 3.63) is 57.3 Å². The Morgan fingerprint density at radius 2 is 2.06 bits per heavy atom. The number of hydrogen-bond donors (Lipinski definition) is 1. The Labute approximate surface area is 114 Å². The molecule has 0 saturated heterocycles. The van der Waals surface area contributed by atoms with Crippen molar-refractivity contribution >= 4 is 11.3 Å². The maximum atomic E-state index is 3.66. The number of rotatable bonds is 5. The van der Waals surface area contributed by atoms with Gasteiger partial charge in [-0.1, -0.05) is 25.1 Å². The van der Waals surface area contributed by atoms with Gasteiger partial charge in [-0.05, 0) is 65.9 Å². The molecule has 2 heteroatoms. The first-order valence-corrected chi connectivity index (χ1v) is 7.50. The van der Waals surface area contributed by atoms with Gasteiger partial charge in [-0.15, -0.1) is 0 Å². The van der Waals surface area contributed by atoms with Crippen molar-refractivity contribution in [3.8, 4) is 0 Å². The summed E-state index contributed by atoms with van der Waals surface area (Å²) in [6.07, 6.45) is 1.16. The van der Waals surface area contributed by atoms with Crippen LogP contribution < -0.4 is 5.32 Å². The second-order valence-corrected chi connectivity index (χ2v) is 5.51. The molecule has 1 heterocycles. The maximum Gasteiger partial charge on any atom is 0.0587 e. The van der Waals surface area contributed by atoms with E-state index in [4.69, 9.17) is 0 Å². The van der Waals surface area contributed by atoms with Crippen LogP contribution in [0.4, 0.5) is 0 Å². The zero-order valence-electron chi connectivity index (χ0n) is 11.4. The molecular weight excluding hydrogens is 238 g/mol. The Hall–Kier alpha value is -1.12.